The Labute approximate surface area is 118 Å². The van der Waals surface area contributed by atoms with E-state index in [1.54, 1.807) is 12.1 Å². The largest absolute Gasteiger partial charge is 0.478 e. The molecule has 0 fully saturated rings. The number of carboxylic acids is 1. The number of nitrogens with zero attached hydrogens (tertiary/aromatic N) is 1. The number of hydrogen-bond acceptors (Lipinski definition) is 4. The van der Waals surface area contributed by atoms with Crippen molar-refractivity contribution in [3.8, 4) is 0 Å². The molecule has 0 saturated carbocycles. The lowest BCUT2D eigenvalue weighted by Crippen LogP contribution is -2.00. The van der Waals surface area contributed by atoms with Crippen molar-refractivity contribution in [2.45, 2.75) is 10.1 Å². The number of para-hydroxylation sites is 2. The Bertz CT molecular complexity index is 765. The van der Waals surface area contributed by atoms with Crippen molar-refractivity contribution in [3.63, 3.8) is 0 Å². The zero-order chi connectivity index (χ0) is 14.1. The fourth-order valence-electron chi connectivity index (χ4n) is 1.89. The van der Waals surface area contributed by atoms with E-state index < -0.39 is 5.97 Å². The minimum absolute atomic E-state index is 0.176. The van der Waals surface area contributed by atoms with Crippen LogP contribution in [0.25, 0.3) is 11.0 Å². The second kappa shape index (κ2) is 4.90. The number of aromatic carboxylic acids is 1. The number of fused-ring (bicyclic) bond motifs is 1. The molecule has 5 nitrogen and oxygen atoms in total. The van der Waals surface area contributed by atoms with Crippen LogP contribution in [0.15, 0.2) is 52.5 Å². The van der Waals surface area contributed by atoms with Gasteiger partial charge >= 0.3 is 5.97 Å². The third-order valence-corrected chi connectivity index (χ3v) is 3.77. The number of H-pyrrole nitrogens is 1. The zero-order valence-electron chi connectivity index (χ0n) is 10.3. The van der Waals surface area contributed by atoms with Crippen molar-refractivity contribution in [2.75, 3.05) is 5.73 Å². The van der Waals surface area contributed by atoms with Crippen molar-refractivity contribution in [1.29, 1.82) is 0 Å². The van der Waals surface area contributed by atoms with Gasteiger partial charge in [-0.15, -0.1) is 0 Å². The number of anilines is 1. The van der Waals surface area contributed by atoms with Crippen molar-refractivity contribution < 1.29 is 9.90 Å². The van der Waals surface area contributed by atoms with Crippen LogP contribution in [-0.2, 0) is 0 Å². The highest BCUT2D eigenvalue weighted by Gasteiger charge is 2.13. The average Bonchev–Trinajstić information content (AvgIpc) is 2.82. The first-order valence-electron chi connectivity index (χ1n) is 5.89. The first-order valence-corrected chi connectivity index (χ1v) is 6.70. The highest BCUT2D eigenvalue weighted by atomic mass is 32.2. The van der Waals surface area contributed by atoms with Crippen molar-refractivity contribution >= 4 is 34.5 Å². The third kappa shape index (κ3) is 2.33. The summed E-state index contributed by atoms with van der Waals surface area (Å²) in [5, 5.41) is 9.86. The molecule has 0 radical (unpaired) electrons. The number of nitrogens with two attached hydrogens (primary N) is 1. The Morgan fingerprint density at radius 1 is 1.25 bits per heavy atom. The van der Waals surface area contributed by atoms with Gasteiger partial charge in [0.15, 0.2) is 5.16 Å². The second-order valence-corrected chi connectivity index (χ2v) is 5.25. The number of nitrogens with one attached hydrogen (secondary N) is 1. The maximum atomic E-state index is 11.2. The quantitative estimate of drug-likeness (QED) is 0.643. The van der Waals surface area contributed by atoms with Gasteiger partial charge in [0.1, 0.15) is 0 Å². The standard InChI is InChI=1S/C14H11N3O2S/c15-8-5-6-12(9(7-8)13(18)19)20-14-16-10-3-1-2-4-11(10)17-14/h1-7H,15H2,(H,16,17)(H,18,19). The number of carbonyl (C=O) groups is 1. The highest BCUT2D eigenvalue weighted by Crippen LogP contribution is 2.31. The molecule has 20 heavy (non-hydrogen) atoms. The maximum absolute atomic E-state index is 11.2. The molecular weight excluding hydrogens is 274 g/mol. The minimum Gasteiger partial charge on any atom is -0.478 e. The summed E-state index contributed by atoms with van der Waals surface area (Å²) in [5.41, 5.74) is 8.00. The minimum atomic E-state index is -1.00. The summed E-state index contributed by atoms with van der Waals surface area (Å²) in [6.07, 6.45) is 0. The van der Waals surface area contributed by atoms with Gasteiger partial charge < -0.3 is 15.8 Å². The Morgan fingerprint density at radius 3 is 2.80 bits per heavy atom. The smallest absolute Gasteiger partial charge is 0.336 e. The second-order valence-electron chi connectivity index (χ2n) is 4.22. The number of imidazole rings is 1. The van der Waals surface area contributed by atoms with E-state index >= 15 is 0 Å². The number of rotatable bonds is 3. The third-order valence-electron chi connectivity index (χ3n) is 2.81. The first-order chi connectivity index (χ1) is 9.63. The summed E-state index contributed by atoms with van der Waals surface area (Å²) in [7, 11) is 0. The molecule has 0 unspecified atom stereocenters. The van der Waals surface area contributed by atoms with E-state index in [1.807, 2.05) is 24.3 Å². The molecule has 1 heterocycles. The molecule has 0 spiro atoms. The van der Waals surface area contributed by atoms with Crippen LogP contribution in [0.5, 0.6) is 0 Å². The molecule has 0 bridgehead atoms. The fourth-order valence-corrected chi connectivity index (χ4v) is 2.79. The van der Waals surface area contributed by atoms with Crippen LogP contribution in [0.3, 0.4) is 0 Å². The Morgan fingerprint density at radius 2 is 2.05 bits per heavy atom. The maximum Gasteiger partial charge on any atom is 0.336 e. The predicted octanol–water partition coefficient (Wildman–Crippen LogP) is 2.99. The highest BCUT2D eigenvalue weighted by molar-refractivity contribution is 7.99. The lowest BCUT2D eigenvalue weighted by molar-refractivity contribution is 0.0693. The number of aromatic amines is 1. The van der Waals surface area contributed by atoms with E-state index in [0.29, 0.717) is 15.7 Å². The van der Waals surface area contributed by atoms with Crippen LogP contribution in [-0.4, -0.2) is 21.0 Å². The summed E-state index contributed by atoms with van der Waals surface area (Å²) in [6, 6.07) is 12.5. The summed E-state index contributed by atoms with van der Waals surface area (Å²) in [4.78, 5) is 19.4. The number of carboxylic acid groups (broad SMARTS) is 1. The molecule has 0 amide bonds. The van der Waals surface area contributed by atoms with Crippen LogP contribution in [0.2, 0.25) is 0 Å². The normalized spacial score (nSPS) is 10.8. The van der Waals surface area contributed by atoms with Crippen LogP contribution >= 0.6 is 11.8 Å². The molecule has 1 aromatic heterocycles. The Kier molecular flexibility index (Phi) is 3.08. The zero-order valence-corrected chi connectivity index (χ0v) is 11.1. The molecule has 0 saturated heterocycles. The van der Waals surface area contributed by atoms with Gasteiger partial charge in [0.25, 0.3) is 0 Å². The number of hydrogen-bond donors (Lipinski definition) is 3. The molecule has 4 N–H and O–H groups in total. The van der Waals surface area contributed by atoms with Crippen LogP contribution in [0, 0.1) is 0 Å². The van der Waals surface area contributed by atoms with E-state index in [1.165, 1.54) is 17.8 Å². The molecule has 100 valence electrons. The van der Waals surface area contributed by atoms with Gasteiger partial charge in [0.2, 0.25) is 0 Å². The molecular formula is C14H11N3O2S. The number of aromatic nitrogens is 2. The SMILES string of the molecule is Nc1ccc(Sc2nc3ccccc3[nH]2)c(C(=O)O)c1. The van der Waals surface area contributed by atoms with Crippen LogP contribution < -0.4 is 5.73 Å². The van der Waals surface area contributed by atoms with Gasteiger partial charge in [-0.3, -0.25) is 0 Å². The van der Waals surface area contributed by atoms with Gasteiger partial charge in [-0.25, -0.2) is 9.78 Å². The average molecular weight is 285 g/mol. The first kappa shape index (κ1) is 12.6. The lowest BCUT2D eigenvalue weighted by atomic mass is 10.2. The monoisotopic (exact) mass is 285 g/mol. The van der Waals surface area contributed by atoms with Crippen molar-refractivity contribution in [1.82, 2.24) is 9.97 Å². The van der Waals surface area contributed by atoms with Crippen molar-refractivity contribution in [2.24, 2.45) is 0 Å². The van der Waals surface area contributed by atoms with E-state index in [4.69, 9.17) is 5.73 Å². The van der Waals surface area contributed by atoms with Crippen LogP contribution in [0.4, 0.5) is 5.69 Å². The van der Waals surface area contributed by atoms with Gasteiger partial charge in [-0.05, 0) is 30.3 Å². The van der Waals surface area contributed by atoms with Gasteiger partial charge in [0, 0.05) is 10.6 Å². The number of benzene rings is 2. The summed E-state index contributed by atoms with van der Waals surface area (Å²) < 4.78 is 0. The molecule has 0 atom stereocenters. The van der Waals surface area contributed by atoms with E-state index in [0.717, 1.165) is 11.0 Å². The topological polar surface area (TPSA) is 92.0 Å². The van der Waals surface area contributed by atoms with Crippen LogP contribution in [0.1, 0.15) is 10.4 Å². The molecule has 3 rings (SSSR count). The van der Waals surface area contributed by atoms with Gasteiger partial charge in [-0.2, -0.15) is 0 Å². The molecule has 2 aromatic carbocycles. The molecule has 0 aliphatic carbocycles. The molecule has 0 aliphatic heterocycles. The predicted molar refractivity (Wildman–Crippen MR) is 78.0 cm³/mol. The summed E-state index contributed by atoms with van der Waals surface area (Å²) >= 11 is 1.27. The summed E-state index contributed by atoms with van der Waals surface area (Å²) in [5.74, 6) is -1.00. The van der Waals surface area contributed by atoms with Crippen molar-refractivity contribution in [3.05, 3.63) is 48.0 Å². The lowest BCUT2D eigenvalue weighted by Gasteiger charge is -2.04. The fraction of sp³-hybridized carbons (Fsp3) is 0. The number of nitrogen functional groups attached to an aromatic ring is 1. The molecule has 0 aliphatic rings. The van der Waals surface area contributed by atoms with Gasteiger partial charge in [0.05, 0.1) is 16.6 Å². The van der Waals surface area contributed by atoms with E-state index in [9.17, 15) is 9.90 Å². The van der Waals surface area contributed by atoms with E-state index in [-0.39, 0.29) is 5.56 Å². The van der Waals surface area contributed by atoms with E-state index in [2.05, 4.69) is 9.97 Å². The Hall–Kier alpha value is -2.47. The summed E-state index contributed by atoms with van der Waals surface area (Å²) in [6.45, 7) is 0. The Balaban J connectivity index is 2.00. The van der Waals surface area contributed by atoms with Gasteiger partial charge in [-0.1, -0.05) is 23.9 Å². The molecule has 6 heteroatoms. The molecule has 3 aromatic rings.